The van der Waals surface area contributed by atoms with E-state index in [0.29, 0.717) is 25.9 Å². The molecule has 1 aliphatic rings. The summed E-state index contributed by atoms with van der Waals surface area (Å²) in [5.41, 5.74) is 0.625. The highest BCUT2D eigenvalue weighted by Gasteiger charge is 2.33. The quantitative estimate of drug-likeness (QED) is 0.797. The van der Waals surface area contributed by atoms with Crippen LogP contribution in [-0.4, -0.2) is 41.0 Å². The lowest BCUT2D eigenvalue weighted by Crippen LogP contribution is -2.47. The summed E-state index contributed by atoms with van der Waals surface area (Å²) in [5, 5.41) is 12.6. The SMILES string of the molecule is CC(O)CC(C)(C)CNC(=O)C(c1ccccc1)N1CCCCC1=O. The number of benzene rings is 1. The van der Waals surface area contributed by atoms with Gasteiger partial charge in [-0.05, 0) is 37.2 Å². The molecule has 1 fully saturated rings. The van der Waals surface area contributed by atoms with Gasteiger partial charge < -0.3 is 15.3 Å². The Bertz CT molecular complexity index is 584. The lowest BCUT2D eigenvalue weighted by molar-refractivity contribution is -0.143. The van der Waals surface area contributed by atoms with Crippen molar-refractivity contribution in [2.75, 3.05) is 13.1 Å². The first-order valence-corrected chi connectivity index (χ1v) is 9.10. The summed E-state index contributed by atoms with van der Waals surface area (Å²) < 4.78 is 0. The molecule has 2 amide bonds. The molecular weight excluding hydrogens is 316 g/mol. The van der Waals surface area contributed by atoms with Gasteiger partial charge in [0, 0.05) is 19.5 Å². The summed E-state index contributed by atoms with van der Waals surface area (Å²) in [4.78, 5) is 27.0. The van der Waals surface area contributed by atoms with E-state index < -0.39 is 12.1 Å². The van der Waals surface area contributed by atoms with Gasteiger partial charge in [-0.1, -0.05) is 44.2 Å². The molecule has 5 heteroatoms. The first-order valence-electron chi connectivity index (χ1n) is 9.10. The Kier molecular flexibility index (Phi) is 6.59. The summed E-state index contributed by atoms with van der Waals surface area (Å²) in [6.45, 7) is 6.86. The molecule has 2 unspecified atom stereocenters. The Morgan fingerprint density at radius 3 is 2.56 bits per heavy atom. The third kappa shape index (κ3) is 5.56. The maximum absolute atomic E-state index is 13.0. The van der Waals surface area contributed by atoms with Crippen molar-refractivity contribution in [2.24, 2.45) is 5.41 Å². The van der Waals surface area contributed by atoms with Gasteiger partial charge in [-0.25, -0.2) is 0 Å². The Labute approximate surface area is 150 Å². The molecule has 1 saturated heterocycles. The van der Waals surface area contributed by atoms with Crippen molar-refractivity contribution in [3.63, 3.8) is 0 Å². The minimum atomic E-state index is -0.587. The maximum atomic E-state index is 13.0. The lowest BCUT2D eigenvalue weighted by Gasteiger charge is -2.35. The van der Waals surface area contributed by atoms with E-state index in [1.807, 2.05) is 44.2 Å². The number of amides is 2. The van der Waals surface area contributed by atoms with Gasteiger partial charge in [-0.2, -0.15) is 0 Å². The second-order valence-electron chi connectivity index (χ2n) is 7.79. The molecule has 0 spiro atoms. The Balaban J connectivity index is 2.15. The van der Waals surface area contributed by atoms with Crippen LogP contribution in [-0.2, 0) is 9.59 Å². The van der Waals surface area contributed by atoms with Crippen LogP contribution in [0.5, 0.6) is 0 Å². The second-order valence-corrected chi connectivity index (χ2v) is 7.79. The molecular formula is C20H30N2O3. The van der Waals surface area contributed by atoms with Gasteiger partial charge in [0.1, 0.15) is 6.04 Å². The van der Waals surface area contributed by atoms with Crippen LogP contribution in [0, 0.1) is 5.41 Å². The summed E-state index contributed by atoms with van der Waals surface area (Å²) in [6, 6.07) is 8.89. The minimum absolute atomic E-state index is 0.0403. The number of aliphatic hydroxyl groups excluding tert-OH is 1. The molecule has 1 aliphatic heterocycles. The molecule has 1 heterocycles. The second kappa shape index (κ2) is 8.48. The Hall–Kier alpha value is -1.88. The van der Waals surface area contributed by atoms with Crippen LogP contribution in [0.4, 0.5) is 0 Å². The highest BCUT2D eigenvalue weighted by molar-refractivity contribution is 5.89. The number of aliphatic hydroxyl groups is 1. The number of hydrogen-bond donors (Lipinski definition) is 2. The number of nitrogens with zero attached hydrogens (tertiary/aromatic N) is 1. The van der Waals surface area contributed by atoms with Crippen LogP contribution in [0.1, 0.15) is 58.1 Å². The van der Waals surface area contributed by atoms with E-state index in [1.54, 1.807) is 11.8 Å². The fourth-order valence-corrected chi connectivity index (χ4v) is 3.50. The predicted octanol–water partition coefficient (Wildman–Crippen LogP) is 2.65. The van der Waals surface area contributed by atoms with Crippen LogP contribution >= 0.6 is 0 Å². The molecule has 1 aromatic carbocycles. The van der Waals surface area contributed by atoms with E-state index in [2.05, 4.69) is 5.32 Å². The molecule has 138 valence electrons. The number of hydrogen-bond acceptors (Lipinski definition) is 3. The van der Waals surface area contributed by atoms with E-state index >= 15 is 0 Å². The van der Waals surface area contributed by atoms with Crippen LogP contribution in [0.15, 0.2) is 30.3 Å². The largest absolute Gasteiger partial charge is 0.393 e. The third-order valence-electron chi connectivity index (χ3n) is 4.62. The highest BCUT2D eigenvalue weighted by atomic mass is 16.3. The summed E-state index contributed by atoms with van der Waals surface area (Å²) in [7, 11) is 0. The number of likely N-dealkylation sites (tertiary alicyclic amines) is 1. The first-order chi connectivity index (χ1) is 11.8. The zero-order valence-corrected chi connectivity index (χ0v) is 15.5. The standard InChI is InChI=1S/C20H30N2O3/c1-15(23)13-20(2,3)14-21-19(25)18(16-9-5-4-6-10-16)22-12-8-7-11-17(22)24/h4-6,9-10,15,18,23H,7-8,11-14H2,1-3H3,(H,21,25). The molecule has 0 aliphatic carbocycles. The molecule has 0 aromatic heterocycles. The number of carbonyl (C=O) groups excluding carboxylic acids is 2. The van der Waals surface area contributed by atoms with Gasteiger partial charge in [0.05, 0.1) is 6.10 Å². The summed E-state index contributed by atoms with van der Waals surface area (Å²) in [6.07, 6.45) is 2.51. The molecule has 5 nitrogen and oxygen atoms in total. The highest BCUT2D eigenvalue weighted by Crippen LogP contribution is 2.27. The van der Waals surface area contributed by atoms with Crippen molar-refractivity contribution in [1.82, 2.24) is 10.2 Å². The Morgan fingerprint density at radius 2 is 1.96 bits per heavy atom. The molecule has 1 aromatic rings. The summed E-state index contributed by atoms with van der Waals surface area (Å²) in [5.74, 6) is -0.112. The van der Waals surface area contributed by atoms with Gasteiger partial charge in [0.15, 0.2) is 0 Å². The number of carbonyl (C=O) groups is 2. The molecule has 0 radical (unpaired) electrons. The normalized spacial score (nSPS) is 17.9. The Morgan fingerprint density at radius 1 is 1.28 bits per heavy atom. The van der Waals surface area contributed by atoms with E-state index in [0.717, 1.165) is 18.4 Å². The number of nitrogens with one attached hydrogen (secondary N) is 1. The molecule has 2 rings (SSSR count). The fraction of sp³-hybridized carbons (Fsp3) is 0.600. The van der Waals surface area contributed by atoms with Gasteiger partial charge >= 0.3 is 0 Å². The van der Waals surface area contributed by atoms with E-state index in [9.17, 15) is 14.7 Å². The van der Waals surface area contributed by atoms with Crippen molar-refractivity contribution in [3.05, 3.63) is 35.9 Å². The van der Waals surface area contributed by atoms with E-state index in [4.69, 9.17) is 0 Å². The zero-order chi connectivity index (χ0) is 18.4. The van der Waals surface area contributed by atoms with Crippen molar-refractivity contribution in [3.8, 4) is 0 Å². The third-order valence-corrected chi connectivity index (χ3v) is 4.62. The van der Waals surface area contributed by atoms with Gasteiger partial charge in [-0.15, -0.1) is 0 Å². The summed E-state index contributed by atoms with van der Waals surface area (Å²) >= 11 is 0. The van der Waals surface area contributed by atoms with Crippen LogP contribution in [0.25, 0.3) is 0 Å². The molecule has 0 saturated carbocycles. The monoisotopic (exact) mass is 346 g/mol. The van der Waals surface area contributed by atoms with Crippen LogP contribution < -0.4 is 5.32 Å². The van der Waals surface area contributed by atoms with Crippen LogP contribution in [0.3, 0.4) is 0 Å². The van der Waals surface area contributed by atoms with Gasteiger partial charge in [0.25, 0.3) is 0 Å². The smallest absolute Gasteiger partial charge is 0.247 e. The van der Waals surface area contributed by atoms with Crippen molar-refractivity contribution in [2.45, 2.75) is 58.6 Å². The van der Waals surface area contributed by atoms with Gasteiger partial charge in [0.2, 0.25) is 11.8 Å². The first kappa shape index (κ1) is 19.4. The van der Waals surface area contributed by atoms with Crippen molar-refractivity contribution >= 4 is 11.8 Å². The minimum Gasteiger partial charge on any atom is -0.393 e. The average Bonchev–Trinajstić information content (AvgIpc) is 2.55. The van der Waals surface area contributed by atoms with Crippen molar-refractivity contribution in [1.29, 1.82) is 0 Å². The molecule has 25 heavy (non-hydrogen) atoms. The average molecular weight is 346 g/mol. The van der Waals surface area contributed by atoms with Crippen LogP contribution in [0.2, 0.25) is 0 Å². The van der Waals surface area contributed by atoms with Crippen molar-refractivity contribution < 1.29 is 14.7 Å². The number of rotatable bonds is 7. The van der Waals surface area contributed by atoms with E-state index in [1.165, 1.54) is 0 Å². The number of piperidine rings is 1. The topological polar surface area (TPSA) is 69.6 Å². The molecule has 2 atom stereocenters. The molecule has 0 bridgehead atoms. The maximum Gasteiger partial charge on any atom is 0.247 e. The van der Waals surface area contributed by atoms with Gasteiger partial charge in [-0.3, -0.25) is 9.59 Å². The predicted molar refractivity (Wildman–Crippen MR) is 97.8 cm³/mol. The van der Waals surface area contributed by atoms with E-state index in [-0.39, 0.29) is 17.2 Å². The molecule has 2 N–H and O–H groups in total. The lowest BCUT2D eigenvalue weighted by atomic mass is 9.87. The fourth-order valence-electron chi connectivity index (χ4n) is 3.50. The zero-order valence-electron chi connectivity index (χ0n) is 15.5.